The van der Waals surface area contributed by atoms with Gasteiger partial charge in [-0.3, -0.25) is 4.90 Å². The lowest BCUT2D eigenvalue weighted by Gasteiger charge is -2.26. The van der Waals surface area contributed by atoms with Crippen molar-refractivity contribution in [2.24, 2.45) is 0 Å². The Labute approximate surface area is 136 Å². The second kappa shape index (κ2) is 5.20. The normalized spacial score (nSPS) is 13.1. The van der Waals surface area contributed by atoms with Gasteiger partial charge in [-0.25, -0.2) is 0 Å². The first-order valence-electron chi connectivity index (χ1n) is 7.81. The number of rotatable bonds is 1. The molecule has 0 N–H and O–H groups in total. The highest BCUT2D eigenvalue weighted by atomic mass is 16.5. The molecule has 0 spiro atoms. The fourth-order valence-electron chi connectivity index (χ4n) is 3.43. The maximum absolute atomic E-state index is 5.93. The van der Waals surface area contributed by atoms with Gasteiger partial charge in [-0.05, 0) is 38.0 Å². The maximum Gasteiger partial charge on any atom is 0.247 e. The van der Waals surface area contributed by atoms with Crippen molar-refractivity contribution in [3.05, 3.63) is 71.0 Å². The van der Waals surface area contributed by atoms with E-state index in [1.165, 1.54) is 16.7 Å². The zero-order chi connectivity index (χ0) is 16.0. The number of fused-ring (bicyclic) bond motifs is 2. The van der Waals surface area contributed by atoms with E-state index in [0.717, 1.165) is 28.6 Å². The summed E-state index contributed by atoms with van der Waals surface area (Å²) in [5.74, 6) is 1.52. The quantitative estimate of drug-likeness (QED) is 0.588. The summed E-state index contributed by atoms with van der Waals surface area (Å²) >= 11 is 0. The minimum Gasteiger partial charge on any atom is -0.483 e. The number of anilines is 3. The van der Waals surface area contributed by atoms with E-state index in [2.05, 4.69) is 56.0 Å². The van der Waals surface area contributed by atoms with E-state index in [9.17, 15) is 0 Å². The van der Waals surface area contributed by atoms with Gasteiger partial charge in [-0.1, -0.05) is 35.9 Å². The molecule has 0 atom stereocenters. The van der Waals surface area contributed by atoms with Crippen LogP contribution in [0.5, 0.6) is 5.75 Å². The SMILES string of the molecule is Cc1cc(C)c(N2c3ccccc3COc3ccoc32)c(C)c1. The summed E-state index contributed by atoms with van der Waals surface area (Å²) in [4.78, 5) is 2.18. The third-order valence-electron chi connectivity index (χ3n) is 4.29. The van der Waals surface area contributed by atoms with Crippen LogP contribution in [-0.2, 0) is 6.61 Å². The topological polar surface area (TPSA) is 25.6 Å². The van der Waals surface area contributed by atoms with E-state index in [-0.39, 0.29) is 0 Å². The molecule has 116 valence electrons. The summed E-state index contributed by atoms with van der Waals surface area (Å²) in [6.07, 6.45) is 1.68. The standard InChI is InChI=1S/C20H19NO2/c1-13-10-14(2)19(15(3)11-13)21-17-7-5-4-6-16(17)12-23-18-8-9-22-20(18)21/h4-11H,12H2,1-3H3. The molecule has 2 heterocycles. The molecule has 1 aliphatic rings. The lowest BCUT2D eigenvalue weighted by atomic mass is 10.0. The second-order valence-electron chi connectivity index (χ2n) is 6.09. The Balaban J connectivity index is 2.02. The van der Waals surface area contributed by atoms with Gasteiger partial charge in [0.15, 0.2) is 5.75 Å². The first-order valence-corrected chi connectivity index (χ1v) is 7.81. The summed E-state index contributed by atoms with van der Waals surface area (Å²) in [6, 6.07) is 14.6. The molecule has 0 saturated carbocycles. The predicted molar refractivity (Wildman–Crippen MR) is 91.9 cm³/mol. The Morgan fingerprint density at radius 1 is 0.957 bits per heavy atom. The maximum atomic E-state index is 5.93. The molecule has 0 bridgehead atoms. The van der Waals surface area contributed by atoms with Crippen molar-refractivity contribution in [3.63, 3.8) is 0 Å². The molecular weight excluding hydrogens is 286 g/mol. The Kier molecular flexibility index (Phi) is 3.15. The van der Waals surface area contributed by atoms with E-state index in [1.54, 1.807) is 6.26 Å². The highest BCUT2D eigenvalue weighted by Gasteiger charge is 2.27. The summed E-state index contributed by atoms with van der Waals surface area (Å²) in [5, 5.41) is 0. The summed E-state index contributed by atoms with van der Waals surface area (Å²) in [7, 11) is 0. The van der Waals surface area contributed by atoms with Gasteiger partial charge in [0.2, 0.25) is 5.88 Å². The molecule has 3 heteroatoms. The molecule has 2 aromatic carbocycles. The fourth-order valence-corrected chi connectivity index (χ4v) is 3.43. The molecule has 0 amide bonds. The van der Waals surface area contributed by atoms with E-state index in [1.807, 2.05) is 12.1 Å². The average Bonchev–Trinajstić information content (AvgIpc) is 2.92. The van der Waals surface area contributed by atoms with Crippen LogP contribution in [0, 0.1) is 20.8 Å². The monoisotopic (exact) mass is 305 g/mol. The van der Waals surface area contributed by atoms with Gasteiger partial charge in [-0.2, -0.15) is 0 Å². The molecule has 3 nitrogen and oxygen atoms in total. The van der Waals surface area contributed by atoms with Crippen LogP contribution in [0.4, 0.5) is 17.3 Å². The largest absolute Gasteiger partial charge is 0.483 e. The summed E-state index contributed by atoms with van der Waals surface area (Å²) in [6.45, 7) is 6.96. The highest BCUT2D eigenvalue weighted by Crippen LogP contribution is 2.47. The van der Waals surface area contributed by atoms with Crippen LogP contribution in [0.2, 0.25) is 0 Å². The van der Waals surface area contributed by atoms with Gasteiger partial charge < -0.3 is 9.15 Å². The molecule has 0 fully saturated rings. The van der Waals surface area contributed by atoms with Crippen LogP contribution in [0.15, 0.2) is 53.1 Å². The molecule has 1 aliphatic heterocycles. The van der Waals surface area contributed by atoms with E-state index in [4.69, 9.17) is 9.15 Å². The number of aryl methyl sites for hydroxylation is 3. The molecule has 0 aliphatic carbocycles. The van der Waals surface area contributed by atoms with Gasteiger partial charge in [0.1, 0.15) is 6.61 Å². The minimum absolute atomic E-state index is 0.545. The molecule has 0 saturated heterocycles. The zero-order valence-electron chi connectivity index (χ0n) is 13.6. The van der Waals surface area contributed by atoms with E-state index in [0.29, 0.717) is 6.61 Å². The van der Waals surface area contributed by atoms with Gasteiger partial charge in [0.25, 0.3) is 0 Å². The Hall–Kier alpha value is -2.68. The lowest BCUT2D eigenvalue weighted by molar-refractivity contribution is 0.308. The molecule has 23 heavy (non-hydrogen) atoms. The van der Waals surface area contributed by atoms with Crippen molar-refractivity contribution >= 4 is 17.3 Å². The van der Waals surface area contributed by atoms with Crippen LogP contribution in [0.1, 0.15) is 22.3 Å². The summed E-state index contributed by atoms with van der Waals surface area (Å²) < 4.78 is 11.7. The van der Waals surface area contributed by atoms with Crippen molar-refractivity contribution in [1.82, 2.24) is 0 Å². The molecule has 3 aromatic rings. The van der Waals surface area contributed by atoms with Crippen molar-refractivity contribution in [1.29, 1.82) is 0 Å². The summed E-state index contributed by atoms with van der Waals surface area (Å²) in [5.41, 5.74) is 7.13. The molecule has 4 rings (SSSR count). The van der Waals surface area contributed by atoms with Crippen LogP contribution < -0.4 is 9.64 Å². The van der Waals surface area contributed by atoms with Crippen molar-refractivity contribution in [2.45, 2.75) is 27.4 Å². The van der Waals surface area contributed by atoms with Gasteiger partial charge in [-0.15, -0.1) is 0 Å². The number of furan rings is 1. The molecular formula is C20H19NO2. The number of hydrogen-bond acceptors (Lipinski definition) is 3. The number of hydrogen-bond donors (Lipinski definition) is 0. The van der Waals surface area contributed by atoms with Crippen molar-refractivity contribution < 1.29 is 9.15 Å². The number of ether oxygens (including phenoxy) is 1. The number of benzene rings is 2. The zero-order valence-corrected chi connectivity index (χ0v) is 13.6. The highest BCUT2D eigenvalue weighted by molar-refractivity contribution is 5.82. The Bertz CT molecular complexity index is 856. The molecule has 0 radical (unpaired) electrons. The van der Waals surface area contributed by atoms with Crippen LogP contribution in [0.3, 0.4) is 0 Å². The van der Waals surface area contributed by atoms with Crippen LogP contribution in [-0.4, -0.2) is 0 Å². The third kappa shape index (κ3) is 2.20. The first-order chi connectivity index (χ1) is 11.1. The minimum atomic E-state index is 0.545. The van der Waals surface area contributed by atoms with Gasteiger partial charge in [0, 0.05) is 11.6 Å². The smallest absolute Gasteiger partial charge is 0.247 e. The lowest BCUT2D eigenvalue weighted by Crippen LogP contribution is -2.13. The van der Waals surface area contributed by atoms with Crippen molar-refractivity contribution in [2.75, 3.05) is 4.90 Å². The molecule has 0 unspecified atom stereocenters. The first kappa shape index (κ1) is 13.9. The van der Waals surface area contributed by atoms with E-state index >= 15 is 0 Å². The van der Waals surface area contributed by atoms with Gasteiger partial charge >= 0.3 is 0 Å². The predicted octanol–water partition coefficient (Wildman–Crippen LogP) is 5.57. The second-order valence-corrected chi connectivity index (χ2v) is 6.09. The Morgan fingerprint density at radius 2 is 1.70 bits per heavy atom. The van der Waals surface area contributed by atoms with Crippen molar-refractivity contribution in [3.8, 4) is 5.75 Å². The third-order valence-corrected chi connectivity index (χ3v) is 4.29. The molecule has 1 aromatic heterocycles. The Morgan fingerprint density at radius 3 is 2.48 bits per heavy atom. The van der Waals surface area contributed by atoms with Crippen LogP contribution in [0.25, 0.3) is 0 Å². The van der Waals surface area contributed by atoms with Crippen LogP contribution >= 0.6 is 0 Å². The number of para-hydroxylation sites is 1. The van der Waals surface area contributed by atoms with E-state index < -0.39 is 0 Å². The van der Waals surface area contributed by atoms with Gasteiger partial charge in [0.05, 0.1) is 17.6 Å². The fraction of sp³-hybridized carbons (Fsp3) is 0.200. The average molecular weight is 305 g/mol. The number of nitrogens with zero attached hydrogens (tertiary/aromatic N) is 1.